The van der Waals surface area contributed by atoms with Gasteiger partial charge in [0, 0.05) is 6.54 Å². The number of hydrogen-bond donors (Lipinski definition) is 4. The maximum absolute atomic E-state index is 11.5. The second kappa shape index (κ2) is 7.11. The van der Waals surface area contributed by atoms with Crippen LogP contribution in [0.5, 0.6) is 0 Å². The van der Waals surface area contributed by atoms with Crippen LogP contribution in [0.2, 0.25) is 0 Å². The van der Waals surface area contributed by atoms with Gasteiger partial charge >= 0.3 is 12.0 Å². The lowest BCUT2D eigenvalue weighted by atomic mass is 9.87. The lowest BCUT2D eigenvalue weighted by Gasteiger charge is -2.27. The molecule has 0 aliphatic carbocycles. The van der Waals surface area contributed by atoms with Crippen LogP contribution in [0.15, 0.2) is 0 Å². The van der Waals surface area contributed by atoms with E-state index in [0.717, 1.165) is 13.0 Å². The highest BCUT2D eigenvalue weighted by molar-refractivity contribution is 5.83. The van der Waals surface area contributed by atoms with Gasteiger partial charge in [-0.3, -0.25) is 0 Å². The van der Waals surface area contributed by atoms with Crippen LogP contribution < -0.4 is 16.0 Å². The number of aliphatic carboxylic acids is 1. The van der Waals surface area contributed by atoms with Crippen molar-refractivity contribution in [2.75, 3.05) is 20.1 Å². The Morgan fingerprint density at radius 2 is 1.82 bits per heavy atom. The molecule has 0 saturated carbocycles. The molecule has 100 valence electrons. The largest absolute Gasteiger partial charge is 0.480 e. The third kappa shape index (κ3) is 6.78. The van der Waals surface area contributed by atoms with Crippen molar-refractivity contribution >= 4 is 12.0 Å². The van der Waals surface area contributed by atoms with E-state index in [4.69, 9.17) is 5.11 Å². The van der Waals surface area contributed by atoms with Crippen LogP contribution in [-0.2, 0) is 4.79 Å². The zero-order valence-electron chi connectivity index (χ0n) is 11.0. The van der Waals surface area contributed by atoms with Crippen molar-refractivity contribution in [3.05, 3.63) is 0 Å². The van der Waals surface area contributed by atoms with Crippen LogP contribution in [0, 0.1) is 5.41 Å². The van der Waals surface area contributed by atoms with Crippen LogP contribution in [0.3, 0.4) is 0 Å². The number of carbonyl (C=O) groups is 2. The monoisotopic (exact) mass is 245 g/mol. The molecule has 0 fully saturated rings. The third-order valence-corrected chi connectivity index (χ3v) is 2.28. The number of amides is 2. The minimum absolute atomic E-state index is 0.441. The predicted octanol–water partition coefficient (Wildman–Crippen LogP) is 0.394. The molecule has 1 unspecified atom stereocenters. The molecule has 6 nitrogen and oxygen atoms in total. The fourth-order valence-corrected chi connectivity index (χ4v) is 1.30. The molecule has 0 aliphatic heterocycles. The molecule has 0 aromatic carbocycles. The Bertz CT molecular complexity index is 261. The van der Waals surface area contributed by atoms with E-state index in [9.17, 15) is 9.59 Å². The maximum atomic E-state index is 11.5. The van der Waals surface area contributed by atoms with Crippen LogP contribution in [0.1, 0.15) is 27.2 Å². The number of carbonyl (C=O) groups excluding carboxylic acids is 1. The van der Waals surface area contributed by atoms with Gasteiger partial charge in [0.15, 0.2) is 0 Å². The Morgan fingerprint density at radius 1 is 1.24 bits per heavy atom. The number of rotatable bonds is 6. The average Bonchev–Trinajstić information content (AvgIpc) is 2.19. The van der Waals surface area contributed by atoms with E-state index in [1.165, 1.54) is 0 Å². The van der Waals surface area contributed by atoms with Crippen molar-refractivity contribution in [3.63, 3.8) is 0 Å². The SMILES string of the molecule is CNCCCNC(=O)NC(C(=O)O)C(C)(C)C. The second-order valence-corrected chi connectivity index (χ2v) is 4.99. The Morgan fingerprint density at radius 3 is 2.24 bits per heavy atom. The Balaban J connectivity index is 4.11. The number of carboxylic acid groups (broad SMARTS) is 1. The zero-order chi connectivity index (χ0) is 13.5. The number of nitrogens with one attached hydrogen (secondary N) is 3. The van der Waals surface area contributed by atoms with Gasteiger partial charge in [0.1, 0.15) is 6.04 Å². The van der Waals surface area contributed by atoms with Crippen LogP contribution in [0.4, 0.5) is 4.79 Å². The van der Waals surface area contributed by atoms with Crippen molar-refractivity contribution in [3.8, 4) is 0 Å². The average molecular weight is 245 g/mol. The molecule has 0 aromatic rings. The molecule has 0 spiro atoms. The predicted molar refractivity (Wildman–Crippen MR) is 66.0 cm³/mol. The van der Waals surface area contributed by atoms with E-state index >= 15 is 0 Å². The molecule has 17 heavy (non-hydrogen) atoms. The van der Waals surface area contributed by atoms with E-state index < -0.39 is 23.5 Å². The molecule has 0 radical (unpaired) electrons. The molecule has 0 saturated heterocycles. The standard InChI is InChI=1S/C11H23N3O3/c1-11(2,3)8(9(15)16)14-10(17)13-7-5-6-12-4/h8,12H,5-7H2,1-4H3,(H,15,16)(H2,13,14,17). The Kier molecular flexibility index (Phi) is 6.57. The first-order valence-corrected chi connectivity index (χ1v) is 5.70. The fraction of sp³-hybridized carbons (Fsp3) is 0.818. The van der Waals surface area contributed by atoms with E-state index in [0.29, 0.717) is 6.54 Å². The van der Waals surface area contributed by atoms with Gasteiger partial charge in [-0.1, -0.05) is 20.8 Å². The first-order chi connectivity index (χ1) is 7.79. The zero-order valence-corrected chi connectivity index (χ0v) is 11.0. The van der Waals surface area contributed by atoms with Crippen molar-refractivity contribution in [1.82, 2.24) is 16.0 Å². The molecule has 0 aromatic heterocycles. The van der Waals surface area contributed by atoms with Crippen molar-refractivity contribution in [2.45, 2.75) is 33.2 Å². The fourth-order valence-electron chi connectivity index (χ4n) is 1.30. The van der Waals surface area contributed by atoms with Gasteiger partial charge in [-0.15, -0.1) is 0 Å². The van der Waals surface area contributed by atoms with Crippen molar-refractivity contribution in [1.29, 1.82) is 0 Å². The minimum Gasteiger partial charge on any atom is -0.480 e. The third-order valence-electron chi connectivity index (χ3n) is 2.28. The molecular formula is C11H23N3O3. The molecule has 0 heterocycles. The molecular weight excluding hydrogens is 222 g/mol. The normalized spacial score (nSPS) is 12.9. The van der Waals surface area contributed by atoms with Crippen LogP contribution >= 0.6 is 0 Å². The highest BCUT2D eigenvalue weighted by Gasteiger charge is 2.32. The summed E-state index contributed by atoms with van der Waals surface area (Å²) in [6.07, 6.45) is 0.803. The van der Waals surface area contributed by atoms with E-state index in [2.05, 4.69) is 16.0 Å². The van der Waals surface area contributed by atoms with Gasteiger partial charge < -0.3 is 21.1 Å². The smallest absolute Gasteiger partial charge is 0.326 e. The van der Waals surface area contributed by atoms with E-state index in [1.807, 2.05) is 7.05 Å². The van der Waals surface area contributed by atoms with Crippen molar-refractivity contribution in [2.24, 2.45) is 5.41 Å². The van der Waals surface area contributed by atoms with E-state index in [-0.39, 0.29) is 0 Å². The lowest BCUT2D eigenvalue weighted by Crippen LogP contribution is -2.52. The molecule has 4 N–H and O–H groups in total. The number of carboxylic acids is 1. The quantitative estimate of drug-likeness (QED) is 0.510. The second-order valence-electron chi connectivity index (χ2n) is 4.99. The number of urea groups is 1. The minimum atomic E-state index is -1.03. The summed E-state index contributed by atoms with van der Waals surface area (Å²) in [5.41, 5.74) is -0.520. The highest BCUT2D eigenvalue weighted by Crippen LogP contribution is 2.19. The van der Waals surface area contributed by atoms with Crippen LogP contribution in [0.25, 0.3) is 0 Å². The summed E-state index contributed by atoms with van der Waals surface area (Å²) in [6, 6.07) is -1.34. The van der Waals surface area contributed by atoms with Gasteiger partial charge in [0.05, 0.1) is 0 Å². The summed E-state index contributed by atoms with van der Waals surface area (Å²) in [7, 11) is 1.83. The first kappa shape index (κ1) is 15.7. The first-order valence-electron chi connectivity index (χ1n) is 5.70. The number of hydrogen-bond acceptors (Lipinski definition) is 3. The van der Waals surface area contributed by atoms with Crippen LogP contribution in [-0.4, -0.2) is 43.3 Å². The molecule has 0 bridgehead atoms. The highest BCUT2D eigenvalue weighted by atomic mass is 16.4. The summed E-state index contributed by atoms with van der Waals surface area (Å²) in [6.45, 7) is 6.64. The summed E-state index contributed by atoms with van der Waals surface area (Å²) in [4.78, 5) is 22.5. The van der Waals surface area contributed by atoms with Gasteiger partial charge in [0.25, 0.3) is 0 Å². The topological polar surface area (TPSA) is 90.5 Å². The molecule has 0 aliphatic rings. The van der Waals surface area contributed by atoms with E-state index in [1.54, 1.807) is 20.8 Å². The molecule has 2 amide bonds. The maximum Gasteiger partial charge on any atom is 0.326 e. The summed E-state index contributed by atoms with van der Waals surface area (Å²) < 4.78 is 0. The molecule has 0 rings (SSSR count). The Labute approximate surface area is 102 Å². The van der Waals surface area contributed by atoms with Gasteiger partial charge in [-0.2, -0.15) is 0 Å². The lowest BCUT2D eigenvalue weighted by molar-refractivity contribution is -0.141. The Hall–Kier alpha value is -1.30. The van der Waals surface area contributed by atoms with Gasteiger partial charge in [-0.05, 0) is 25.4 Å². The molecule has 6 heteroatoms. The summed E-state index contributed by atoms with van der Waals surface area (Å²) in [5, 5.41) is 17.1. The molecule has 1 atom stereocenters. The summed E-state index contributed by atoms with van der Waals surface area (Å²) in [5.74, 6) is -1.03. The van der Waals surface area contributed by atoms with Gasteiger partial charge in [0.2, 0.25) is 0 Å². The van der Waals surface area contributed by atoms with Gasteiger partial charge in [-0.25, -0.2) is 9.59 Å². The summed E-state index contributed by atoms with van der Waals surface area (Å²) >= 11 is 0. The van der Waals surface area contributed by atoms with Crippen molar-refractivity contribution < 1.29 is 14.7 Å².